The third-order valence-corrected chi connectivity index (χ3v) is 9.99. The van der Waals surface area contributed by atoms with E-state index in [2.05, 4.69) is 16.8 Å². The van der Waals surface area contributed by atoms with Crippen molar-refractivity contribution in [2.24, 2.45) is 17.8 Å². The molecule has 4 aliphatic rings. The van der Waals surface area contributed by atoms with Gasteiger partial charge in [0.2, 0.25) is 5.56 Å². The van der Waals surface area contributed by atoms with E-state index in [1.807, 2.05) is 28.8 Å². The molecule has 0 spiro atoms. The van der Waals surface area contributed by atoms with E-state index in [-0.39, 0.29) is 17.2 Å². The molecule has 7 rings (SSSR count). The van der Waals surface area contributed by atoms with E-state index in [0.29, 0.717) is 23.3 Å². The van der Waals surface area contributed by atoms with E-state index < -0.39 is 0 Å². The van der Waals surface area contributed by atoms with Gasteiger partial charge in [0.25, 0.3) is 5.56 Å². The molecule has 0 unspecified atom stereocenters. The quantitative estimate of drug-likeness (QED) is 0.516. The van der Waals surface area contributed by atoms with E-state index in [1.54, 1.807) is 12.3 Å². The highest BCUT2D eigenvalue weighted by Gasteiger charge is 2.46. The zero-order valence-corrected chi connectivity index (χ0v) is 21.8. The summed E-state index contributed by atoms with van der Waals surface area (Å²) in [5.74, 6) is 2.72. The summed E-state index contributed by atoms with van der Waals surface area (Å²) in [6.07, 6.45) is 14.5. The van der Waals surface area contributed by atoms with Gasteiger partial charge in [-0.25, -0.2) is 4.98 Å². The molecule has 2 saturated carbocycles. The minimum Gasteiger partial charge on any atom is -0.329 e. The first kappa shape index (κ1) is 23.4. The topological polar surface area (TPSA) is 71.0 Å². The van der Waals surface area contributed by atoms with Crippen LogP contribution in [-0.4, -0.2) is 37.6 Å². The van der Waals surface area contributed by atoms with Crippen LogP contribution in [0.3, 0.4) is 0 Å². The summed E-state index contributed by atoms with van der Waals surface area (Å²) in [6.45, 7) is 2.45. The molecule has 2 aromatic heterocycles. The van der Waals surface area contributed by atoms with Gasteiger partial charge in [-0.3, -0.25) is 14.5 Å². The van der Waals surface area contributed by atoms with Crippen molar-refractivity contribution in [1.82, 2.24) is 19.4 Å². The lowest BCUT2D eigenvalue weighted by atomic mass is 9.65. The number of aromatic amines is 1. The average Bonchev–Trinajstić information content (AvgIpc) is 2.87. The molecule has 6 nitrogen and oxygen atoms in total. The molecule has 0 amide bonds. The second-order valence-electron chi connectivity index (χ2n) is 12.5. The molecule has 1 aromatic carbocycles. The number of piperidine rings is 2. The van der Waals surface area contributed by atoms with Crippen LogP contribution < -0.4 is 11.1 Å². The van der Waals surface area contributed by atoms with Crippen LogP contribution in [0.2, 0.25) is 0 Å². The van der Waals surface area contributed by atoms with E-state index in [1.165, 1.54) is 57.4 Å². The molecule has 4 heterocycles. The molecule has 6 heteroatoms. The summed E-state index contributed by atoms with van der Waals surface area (Å²) in [7, 11) is 0. The molecule has 7 atom stereocenters. The molecule has 1 N–H and O–H groups in total. The third-order valence-electron chi connectivity index (χ3n) is 9.99. The summed E-state index contributed by atoms with van der Waals surface area (Å²) < 4.78 is 2.04. The predicted octanol–water partition coefficient (Wildman–Crippen LogP) is 5.52. The zero-order valence-electron chi connectivity index (χ0n) is 21.8. The van der Waals surface area contributed by atoms with Crippen LogP contribution >= 0.6 is 0 Å². The van der Waals surface area contributed by atoms with Gasteiger partial charge in [-0.2, -0.15) is 0 Å². The first-order valence-electron chi connectivity index (χ1n) is 14.5. The van der Waals surface area contributed by atoms with Crippen LogP contribution in [0, 0.1) is 17.8 Å². The SMILES string of the molecule is C[C@@H]1C[C@@H]2C[C@H](C1)C[C@@H](N1[C@@H]3CCC[C@H]1C[C@@H](n1c(=O)c(-c4cc[nH]c(=O)c4)nc4ccccc41)C3)C2. The highest BCUT2D eigenvalue weighted by molar-refractivity contribution is 5.78. The molecule has 2 saturated heterocycles. The Bertz CT molecular complexity index is 1390. The van der Waals surface area contributed by atoms with Crippen molar-refractivity contribution in [2.75, 3.05) is 0 Å². The van der Waals surface area contributed by atoms with Gasteiger partial charge >= 0.3 is 0 Å². The lowest BCUT2D eigenvalue weighted by molar-refractivity contribution is -0.0524. The Balaban J connectivity index is 1.25. The number of rotatable bonds is 3. The van der Waals surface area contributed by atoms with Gasteiger partial charge in [0, 0.05) is 42.0 Å². The lowest BCUT2D eigenvalue weighted by Crippen LogP contribution is -2.58. The summed E-state index contributed by atoms with van der Waals surface area (Å²) in [5.41, 5.74) is 2.42. The first-order chi connectivity index (χ1) is 18.0. The number of nitrogens with zero attached hydrogens (tertiary/aromatic N) is 3. The summed E-state index contributed by atoms with van der Waals surface area (Å²) in [6, 6.07) is 13.3. The third kappa shape index (κ3) is 4.18. The van der Waals surface area contributed by atoms with E-state index in [9.17, 15) is 9.59 Å². The van der Waals surface area contributed by atoms with E-state index in [0.717, 1.165) is 47.7 Å². The molecule has 2 aliphatic heterocycles. The van der Waals surface area contributed by atoms with Crippen LogP contribution in [0.15, 0.2) is 52.2 Å². The zero-order chi connectivity index (χ0) is 25.1. The number of nitrogens with one attached hydrogen (secondary N) is 1. The van der Waals surface area contributed by atoms with Crippen LogP contribution in [0.4, 0.5) is 0 Å². The Hall–Kier alpha value is -2.73. The van der Waals surface area contributed by atoms with Gasteiger partial charge < -0.3 is 9.55 Å². The van der Waals surface area contributed by atoms with Crippen molar-refractivity contribution in [3.8, 4) is 11.3 Å². The number of hydrogen-bond donors (Lipinski definition) is 1. The Kier molecular flexibility index (Phi) is 5.83. The average molecular weight is 499 g/mol. The van der Waals surface area contributed by atoms with Crippen molar-refractivity contribution >= 4 is 11.0 Å². The molecule has 2 aliphatic carbocycles. The lowest BCUT2D eigenvalue weighted by Gasteiger charge is -2.55. The van der Waals surface area contributed by atoms with Gasteiger partial charge in [-0.05, 0) is 93.7 Å². The number of hydrogen-bond acceptors (Lipinski definition) is 4. The monoisotopic (exact) mass is 498 g/mol. The molecular weight excluding hydrogens is 460 g/mol. The number of benzene rings is 1. The number of fused-ring (bicyclic) bond motifs is 5. The normalized spacial score (nSPS) is 33.9. The van der Waals surface area contributed by atoms with E-state index in [4.69, 9.17) is 4.98 Å². The van der Waals surface area contributed by atoms with E-state index >= 15 is 0 Å². The van der Waals surface area contributed by atoms with Gasteiger partial charge in [-0.1, -0.05) is 25.5 Å². The minimum atomic E-state index is -0.215. The Labute approximate surface area is 218 Å². The molecule has 0 radical (unpaired) electrons. The first-order valence-corrected chi connectivity index (χ1v) is 14.5. The van der Waals surface area contributed by atoms with Crippen molar-refractivity contribution in [2.45, 2.75) is 95.3 Å². The molecule has 4 fully saturated rings. The van der Waals surface area contributed by atoms with Gasteiger partial charge in [0.1, 0.15) is 5.69 Å². The smallest absolute Gasteiger partial charge is 0.277 e. The van der Waals surface area contributed by atoms with Crippen molar-refractivity contribution in [3.05, 3.63) is 63.3 Å². The van der Waals surface area contributed by atoms with Gasteiger partial charge in [0.05, 0.1) is 11.0 Å². The van der Waals surface area contributed by atoms with Crippen molar-refractivity contribution in [1.29, 1.82) is 0 Å². The second kappa shape index (κ2) is 9.23. The Morgan fingerprint density at radius 3 is 2.30 bits per heavy atom. The minimum absolute atomic E-state index is 0.0676. The summed E-state index contributed by atoms with van der Waals surface area (Å²) in [5, 5.41) is 0. The number of para-hydroxylation sites is 2. The largest absolute Gasteiger partial charge is 0.329 e. The maximum atomic E-state index is 14.0. The fraction of sp³-hybridized carbons (Fsp3) is 0.581. The van der Waals surface area contributed by atoms with Crippen LogP contribution in [0.25, 0.3) is 22.3 Å². The predicted molar refractivity (Wildman–Crippen MR) is 147 cm³/mol. The van der Waals surface area contributed by atoms with Crippen molar-refractivity contribution < 1.29 is 0 Å². The second-order valence-corrected chi connectivity index (χ2v) is 12.5. The fourth-order valence-electron chi connectivity index (χ4n) is 8.88. The summed E-state index contributed by atoms with van der Waals surface area (Å²) in [4.78, 5) is 36.4. The number of H-pyrrole nitrogens is 1. The van der Waals surface area contributed by atoms with Crippen LogP contribution in [-0.2, 0) is 0 Å². The maximum absolute atomic E-state index is 14.0. The Morgan fingerprint density at radius 1 is 0.838 bits per heavy atom. The fourth-order valence-corrected chi connectivity index (χ4v) is 8.88. The highest BCUT2D eigenvalue weighted by Crippen LogP contribution is 2.48. The Morgan fingerprint density at radius 2 is 1.57 bits per heavy atom. The molecule has 194 valence electrons. The van der Waals surface area contributed by atoms with Gasteiger partial charge in [0.15, 0.2) is 0 Å². The maximum Gasteiger partial charge on any atom is 0.277 e. The highest BCUT2D eigenvalue weighted by atomic mass is 16.1. The number of aromatic nitrogens is 3. The van der Waals surface area contributed by atoms with Crippen LogP contribution in [0.5, 0.6) is 0 Å². The van der Waals surface area contributed by atoms with Crippen LogP contribution in [0.1, 0.15) is 77.2 Å². The number of pyridine rings is 1. The molecule has 3 aromatic rings. The molecule has 4 bridgehead atoms. The van der Waals surface area contributed by atoms with Gasteiger partial charge in [-0.15, -0.1) is 0 Å². The molecule has 37 heavy (non-hydrogen) atoms. The standard InChI is InChI=1S/C31H38N4O2/c1-19-11-20-13-21(12-19)15-25(14-20)34-23-5-4-6-24(34)18-26(17-23)35-28-8-3-2-7-27(28)33-30(31(35)37)22-9-10-32-29(36)16-22/h2-3,7-10,16,19-21,23-26H,4-6,11-15,17-18H2,1H3,(H,32,36)/t19-,20-,21+,23-,24+,25+,26+. The van der Waals surface area contributed by atoms with Crippen molar-refractivity contribution in [3.63, 3.8) is 0 Å². The molecular formula is C31H38N4O2. The summed E-state index contributed by atoms with van der Waals surface area (Å²) >= 11 is 0.